The van der Waals surface area contributed by atoms with Gasteiger partial charge < -0.3 is 5.32 Å². The van der Waals surface area contributed by atoms with Crippen LogP contribution in [0.4, 0.5) is 5.95 Å². The maximum Gasteiger partial charge on any atom is 0.245 e. The summed E-state index contributed by atoms with van der Waals surface area (Å²) in [6, 6.07) is 0. The van der Waals surface area contributed by atoms with E-state index in [2.05, 4.69) is 22.2 Å². The van der Waals surface area contributed by atoms with Crippen LogP contribution in [-0.2, 0) is 10.0 Å². The Kier molecular flexibility index (Phi) is 5.49. The third-order valence-electron chi connectivity index (χ3n) is 2.64. The van der Waals surface area contributed by atoms with Crippen LogP contribution in [0.3, 0.4) is 0 Å². The van der Waals surface area contributed by atoms with Gasteiger partial charge >= 0.3 is 0 Å². The SMILES string of the molecule is CCCCCN(C)S(=O)(=O)c1cnc(NC)nc1. The molecule has 0 aliphatic rings. The van der Waals surface area contributed by atoms with Gasteiger partial charge in [0.2, 0.25) is 16.0 Å². The minimum Gasteiger partial charge on any atom is -0.357 e. The quantitative estimate of drug-likeness (QED) is 0.758. The lowest BCUT2D eigenvalue weighted by molar-refractivity contribution is 0.454. The van der Waals surface area contributed by atoms with E-state index in [1.165, 1.54) is 16.7 Å². The lowest BCUT2D eigenvalue weighted by atomic mass is 10.2. The van der Waals surface area contributed by atoms with Crippen molar-refractivity contribution in [1.82, 2.24) is 14.3 Å². The van der Waals surface area contributed by atoms with Crippen molar-refractivity contribution in [3.8, 4) is 0 Å². The molecule has 1 aromatic heterocycles. The lowest BCUT2D eigenvalue weighted by Crippen LogP contribution is -2.28. The van der Waals surface area contributed by atoms with E-state index in [1.54, 1.807) is 14.1 Å². The number of hydrogen-bond donors (Lipinski definition) is 1. The zero-order valence-corrected chi connectivity index (χ0v) is 11.9. The molecule has 102 valence electrons. The number of aromatic nitrogens is 2. The first-order valence-corrected chi connectivity index (χ1v) is 7.42. The van der Waals surface area contributed by atoms with Gasteiger partial charge in [-0.05, 0) is 6.42 Å². The normalized spacial score (nSPS) is 11.8. The Balaban J connectivity index is 2.77. The molecule has 1 rings (SSSR count). The Bertz CT molecular complexity index is 458. The van der Waals surface area contributed by atoms with Gasteiger partial charge in [-0.2, -0.15) is 0 Å². The van der Waals surface area contributed by atoms with Gasteiger partial charge in [0.1, 0.15) is 4.90 Å². The highest BCUT2D eigenvalue weighted by Crippen LogP contribution is 2.13. The number of nitrogens with zero attached hydrogens (tertiary/aromatic N) is 3. The Hall–Kier alpha value is -1.21. The molecule has 1 heterocycles. The minimum atomic E-state index is -3.46. The van der Waals surface area contributed by atoms with E-state index >= 15 is 0 Å². The summed E-state index contributed by atoms with van der Waals surface area (Å²) in [5.41, 5.74) is 0. The molecule has 6 nitrogen and oxygen atoms in total. The maximum absolute atomic E-state index is 12.2. The number of unbranched alkanes of at least 4 members (excludes halogenated alkanes) is 2. The summed E-state index contributed by atoms with van der Waals surface area (Å²) < 4.78 is 25.7. The predicted octanol–water partition coefficient (Wildman–Crippen LogP) is 1.33. The zero-order valence-electron chi connectivity index (χ0n) is 11.0. The zero-order chi connectivity index (χ0) is 13.6. The molecule has 0 saturated heterocycles. The van der Waals surface area contributed by atoms with Crippen molar-refractivity contribution < 1.29 is 8.42 Å². The molecule has 0 atom stereocenters. The van der Waals surface area contributed by atoms with Crippen LogP contribution in [-0.4, -0.2) is 43.3 Å². The smallest absolute Gasteiger partial charge is 0.245 e. The van der Waals surface area contributed by atoms with E-state index in [1.807, 2.05) is 0 Å². The molecule has 18 heavy (non-hydrogen) atoms. The van der Waals surface area contributed by atoms with E-state index in [0.717, 1.165) is 19.3 Å². The van der Waals surface area contributed by atoms with Crippen molar-refractivity contribution >= 4 is 16.0 Å². The van der Waals surface area contributed by atoms with E-state index in [4.69, 9.17) is 0 Å². The van der Waals surface area contributed by atoms with Gasteiger partial charge in [0, 0.05) is 20.6 Å². The van der Waals surface area contributed by atoms with Crippen LogP contribution in [0.15, 0.2) is 17.3 Å². The highest BCUT2D eigenvalue weighted by Gasteiger charge is 2.21. The summed E-state index contributed by atoms with van der Waals surface area (Å²) in [4.78, 5) is 7.95. The molecular formula is C11H20N4O2S. The fourth-order valence-electron chi connectivity index (χ4n) is 1.46. The van der Waals surface area contributed by atoms with Gasteiger partial charge in [-0.15, -0.1) is 0 Å². The summed E-state index contributed by atoms with van der Waals surface area (Å²) in [7, 11) is -0.203. The molecule has 0 spiro atoms. The Morgan fingerprint density at radius 2 is 1.89 bits per heavy atom. The molecule has 1 aromatic rings. The van der Waals surface area contributed by atoms with Crippen LogP contribution in [0.1, 0.15) is 26.2 Å². The van der Waals surface area contributed by atoms with Crippen LogP contribution in [0.5, 0.6) is 0 Å². The number of anilines is 1. The molecule has 1 N–H and O–H groups in total. The second-order valence-corrected chi connectivity index (χ2v) is 6.07. The van der Waals surface area contributed by atoms with Crippen LogP contribution in [0.2, 0.25) is 0 Å². The highest BCUT2D eigenvalue weighted by atomic mass is 32.2. The summed E-state index contributed by atoms with van der Waals surface area (Å²) >= 11 is 0. The topological polar surface area (TPSA) is 75.2 Å². The van der Waals surface area contributed by atoms with E-state index < -0.39 is 10.0 Å². The fourth-order valence-corrected chi connectivity index (χ4v) is 2.56. The Morgan fingerprint density at radius 1 is 1.28 bits per heavy atom. The number of rotatable bonds is 7. The van der Waals surface area contributed by atoms with Crippen molar-refractivity contribution in [3.05, 3.63) is 12.4 Å². The Morgan fingerprint density at radius 3 is 2.39 bits per heavy atom. The molecule has 0 aliphatic carbocycles. The average Bonchev–Trinajstić information content (AvgIpc) is 2.39. The molecule has 0 unspecified atom stereocenters. The van der Waals surface area contributed by atoms with Gasteiger partial charge in [0.15, 0.2) is 0 Å². The summed E-state index contributed by atoms with van der Waals surface area (Å²) in [5, 5.41) is 2.75. The monoisotopic (exact) mass is 272 g/mol. The number of nitrogens with one attached hydrogen (secondary N) is 1. The van der Waals surface area contributed by atoms with Crippen LogP contribution in [0, 0.1) is 0 Å². The number of hydrogen-bond acceptors (Lipinski definition) is 5. The van der Waals surface area contributed by atoms with Gasteiger partial charge in [-0.3, -0.25) is 0 Å². The van der Waals surface area contributed by atoms with Crippen molar-refractivity contribution in [2.75, 3.05) is 26.0 Å². The molecule has 0 aromatic carbocycles. The third-order valence-corrected chi connectivity index (χ3v) is 4.45. The molecule has 7 heteroatoms. The van der Waals surface area contributed by atoms with Crippen LogP contribution >= 0.6 is 0 Å². The van der Waals surface area contributed by atoms with E-state index in [9.17, 15) is 8.42 Å². The summed E-state index contributed by atoms with van der Waals surface area (Å²) in [6.45, 7) is 2.60. The van der Waals surface area contributed by atoms with Gasteiger partial charge in [-0.1, -0.05) is 19.8 Å². The molecule has 0 amide bonds. The largest absolute Gasteiger partial charge is 0.357 e. The minimum absolute atomic E-state index is 0.125. The molecule has 0 saturated carbocycles. The average molecular weight is 272 g/mol. The molecule has 0 bridgehead atoms. The Labute approximate surface area is 108 Å². The molecular weight excluding hydrogens is 252 g/mol. The molecule has 0 fully saturated rings. The van der Waals surface area contributed by atoms with Crippen molar-refractivity contribution in [2.45, 2.75) is 31.1 Å². The first-order valence-electron chi connectivity index (χ1n) is 5.98. The van der Waals surface area contributed by atoms with Crippen molar-refractivity contribution in [2.24, 2.45) is 0 Å². The molecule has 0 radical (unpaired) electrons. The number of sulfonamides is 1. The molecule has 0 aliphatic heterocycles. The fraction of sp³-hybridized carbons (Fsp3) is 0.636. The summed E-state index contributed by atoms with van der Waals surface area (Å²) in [5.74, 6) is 0.405. The van der Waals surface area contributed by atoms with Crippen LogP contribution in [0.25, 0.3) is 0 Å². The van der Waals surface area contributed by atoms with E-state index in [0.29, 0.717) is 12.5 Å². The first-order chi connectivity index (χ1) is 8.52. The predicted molar refractivity (Wildman–Crippen MR) is 70.9 cm³/mol. The van der Waals surface area contributed by atoms with E-state index in [-0.39, 0.29) is 4.90 Å². The maximum atomic E-state index is 12.2. The van der Waals surface area contributed by atoms with Gasteiger partial charge in [0.05, 0.1) is 12.4 Å². The van der Waals surface area contributed by atoms with Gasteiger partial charge in [0.25, 0.3) is 0 Å². The van der Waals surface area contributed by atoms with Crippen molar-refractivity contribution in [3.63, 3.8) is 0 Å². The third kappa shape index (κ3) is 3.64. The first kappa shape index (κ1) is 14.8. The second-order valence-electron chi connectivity index (χ2n) is 4.03. The van der Waals surface area contributed by atoms with Gasteiger partial charge in [-0.25, -0.2) is 22.7 Å². The lowest BCUT2D eigenvalue weighted by Gasteiger charge is -2.16. The standard InChI is InChI=1S/C11H20N4O2S/c1-4-5-6-7-15(3)18(16,17)10-8-13-11(12-2)14-9-10/h8-9H,4-7H2,1-3H3,(H,12,13,14). The summed E-state index contributed by atoms with van der Waals surface area (Å²) in [6.07, 6.45) is 5.60. The second kappa shape index (κ2) is 6.65. The van der Waals surface area contributed by atoms with Crippen LogP contribution < -0.4 is 5.32 Å². The highest BCUT2D eigenvalue weighted by molar-refractivity contribution is 7.89. The van der Waals surface area contributed by atoms with Crippen molar-refractivity contribution in [1.29, 1.82) is 0 Å².